The van der Waals surface area contributed by atoms with Crippen molar-refractivity contribution in [3.8, 4) is 5.75 Å². The number of methoxy groups -OCH3 is 1. The number of rotatable bonds is 4. The van der Waals surface area contributed by atoms with E-state index < -0.39 is 4.92 Å². The summed E-state index contributed by atoms with van der Waals surface area (Å²) >= 11 is 7.94. The Hall–Kier alpha value is -4.01. The van der Waals surface area contributed by atoms with E-state index in [0.717, 1.165) is 35.2 Å². The standard InChI is InChI=1S/C28H20ClN3O4S/c1-36-23-13-10-16(14-22(23)32(34)35)15-24-27(33)31-26(19-8-4-5-9-21(19)29)20-12-11-17-6-2-3-7-18(17)25(20)30-28(31)37-24/h2-10,13-15,26H,11-12H2,1H3/t26-/m0/s1. The molecule has 1 aliphatic carbocycles. The molecule has 0 saturated heterocycles. The maximum atomic E-state index is 13.8. The molecule has 0 radical (unpaired) electrons. The summed E-state index contributed by atoms with van der Waals surface area (Å²) < 4.78 is 7.25. The van der Waals surface area contributed by atoms with Crippen LogP contribution in [0, 0.1) is 10.1 Å². The Morgan fingerprint density at radius 2 is 1.92 bits per heavy atom. The molecule has 1 aromatic heterocycles. The highest BCUT2D eigenvalue weighted by atomic mass is 35.5. The fraction of sp³-hybridized carbons (Fsp3) is 0.143. The van der Waals surface area contributed by atoms with Gasteiger partial charge in [-0.3, -0.25) is 19.5 Å². The van der Waals surface area contributed by atoms with Gasteiger partial charge in [0, 0.05) is 16.7 Å². The van der Waals surface area contributed by atoms with Gasteiger partial charge in [0.25, 0.3) is 5.56 Å². The molecular formula is C28H20ClN3O4S. The first kappa shape index (κ1) is 23.4. The van der Waals surface area contributed by atoms with E-state index in [0.29, 0.717) is 19.9 Å². The lowest BCUT2D eigenvalue weighted by molar-refractivity contribution is -0.385. The van der Waals surface area contributed by atoms with Crippen LogP contribution in [0.5, 0.6) is 5.75 Å². The average Bonchev–Trinajstić information content (AvgIpc) is 3.22. The summed E-state index contributed by atoms with van der Waals surface area (Å²) in [5, 5.41) is 12.1. The number of hydrogen-bond acceptors (Lipinski definition) is 6. The molecule has 0 amide bonds. The maximum absolute atomic E-state index is 13.8. The van der Waals surface area contributed by atoms with E-state index in [1.807, 2.05) is 36.4 Å². The zero-order valence-corrected chi connectivity index (χ0v) is 21.3. The molecule has 37 heavy (non-hydrogen) atoms. The molecule has 1 atom stereocenters. The first-order valence-corrected chi connectivity index (χ1v) is 12.9. The first-order valence-electron chi connectivity index (χ1n) is 11.7. The largest absolute Gasteiger partial charge is 0.490 e. The van der Waals surface area contributed by atoms with Gasteiger partial charge in [0.15, 0.2) is 10.6 Å². The second-order valence-corrected chi connectivity index (χ2v) is 10.2. The maximum Gasteiger partial charge on any atom is 0.311 e. The Balaban J connectivity index is 1.60. The monoisotopic (exact) mass is 529 g/mol. The lowest BCUT2D eigenvalue weighted by Crippen LogP contribution is -2.38. The van der Waals surface area contributed by atoms with Crippen molar-refractivity contribution in [2.75, 3.05) is 7.11 Å². The molecule has 0 spiro atoms. The van der Waals surface area contributed by atoms with Crippen LogP contribution >= 0.6 is 22.9 Å². The number of halogens is 1. The van der Waals surface area contributed by atoms with Gasteiger partial charge in [-0.05, 0) is 53.3 Å². The second kappa shape index (κ2) is 9.14. The van der Waals surface area contributed by atoms with Crippen molar-refractivity contribution >= 4 is 40.4 Å². The molecule has 0 unspecified atom stereocenters. The third-order valence-corrected chi connectivity index (χ3v) is 8.10. The number of nitro benzene ring substituents is 1. The molecule has 4 aromatic rings. The van der Waals surface area contributed by atoms with Crippen molar-refractivity contribution in [1.29, 1.82) is 0 Å². The van der Waals surface area contributed by atoms with Crippen LogP contribution in [0.2, 0.25) is 5.02 Å². The zero-order valence-electron chi connectivity index (χ0n) is 19.7. The van der Waals surface area contributed by atoms with E-state index in [-0.39, 0.29) is 23.0 Å². The van der Waals surface area contributed by atoms with Gasteiger partial charge in [0.05, 0.1) is 28.3 Å². The van der Waals surface area contributed by atoms with Crippen LogP contribution < -0.4 is 19.6 Å². The summed E-state index contributed by atoms with van der Waals surface area (Å²) in [7, 11) is 1.38. The molecule has 6 rings (SSSR count). The molecule has 2 heterocycles. The minimum atomic E-state index is -0.499. The van der Waals surface area contributed by atoms with Crippen molar-refractivity contribution in [3.63, 3.8) is 0 Å². The van der Waals surface area contributed by atoms with E-state index in [1.54, 1.807) is 16.7 Å². The Kier molecular flexibility index (Phi) is 5.78. The Morgan fingerprint density at radius 1 is 1.14 bits per heavy atom. The number of hydrogen-bond donors (Lipinski definition) is 0. The lowest BCUT2D eigenvalue weighted by atomic mass is 9.83. The van der Waals surface area contributed by atoms with Gasteiger partial charge in [0.2, 0.25) is 0 Å². The third kappa shape index (κ3) is 3.89. The van der Waals surface area contributed by atoms with Crippen molar-refractivity contribution in [2.45, 2.75) is 18.9 Å². The highest BCUT2D eigenvalue weighted by Crippen LogP contribution is 2.42. The zero-order chi connectivity index (χ0) is 25.7. The predicted molar refractivity (Wildman–Crippen MR) is 144 cm³/mol. The fourth-order valence-electron chi connectivity index (χ4n) is 5.09. The average molecular weight is 530 g/mol. The molecule has 9 heteroatoms. The summed E-state index contributed by atoms with van der Waals surface area (Å²) in [6.07, 6.45) is 3.28. The van der Waals surface area contributed by atoms with E-state index in [4.69, 9.17) is 21.3 Å². The van der Waals surface area contributed by atoms with Gasteiger partial charge in [-0.2, -0.15) is 0 Å². The summed E-state index contributed by atoms with van der Waals surface area (Å²) in [5.74, 6) is 0.161. The lowest BCUT2D eigenvalue weighted by Gasteiger charge is -2.31. The van der Waals surface area contributed by atoms with Crippen LogP contribution in [-0.2, 0) is 6.42 Å². The van der Waals surface area contributed by atoms with Crippen LogP contribution in [-0.4, -0.2) is 16.6 Å². The van der Waals surface area contributed by atoms with Gasteiger partial charge in [-0.1, -0.05) is 71.5 Å². The molecule has 0 fully saturated rings. The molecule has 0 bridgehead atoms. The summed E-state index contributed by atoms with van der Waals surface area (Å²) in [6.45, 7) is 0. The smallest absolute Gasteiger partial charge is 0.311 e. The molecule has 0 N–H and O–H groups in total. The van der Waals surface area contributed by atoms with Gasteiger partial charge < -0.3 is 4.74 Å². The Bertz CT molecular complexity index is 1800. The van der Waals surface area contributed by atoms with E-state index >= 15 is 0 Å². The number of nitro groups is 1. The minimum absolute atomic E-state index is 0.161. The summed E-state index contributed by atoms with van der Waals surface area (Å²) in [5.41, 5.74) is 5.25. The van der Waals surface area contributed by atoms with Crippen LogP contribution in [0.15, 0.2) is 82.1 Å². The van der Waals surface area contributed by atoms with Crippen LogP contribution in [0.25, 0.3) is 11.8 Å². The number of benzene rings is 3. The highest BCUT2D eigenvalue weighted by molar-refractivity contribution is 7.07. The first-order chi connectivity index (χ1) is 18.0. The van der Waals surface area contributed by atoms with Crippen LogP contribution in [0.4, 0.5) is 5.69 Å². The van der Waals surface area contributed by atoms with Gasteiger partial charge >= 0.3 is 5.69 Å². The third-order valence-electron chi connectivity index (χ3n) is 6.77. The quantitative estimate of drug-likeness (QED) is 0.278. The number of thiazole rings is 1. The number of allylic oxidation sites excluding steroid dienone is 1. The van der Waals surface area contributed by atoms with E-state index in [2.05, 4.69) is 12.1 Å². The normalized spacial score (nSPS) is 16.5. The second-order valence-electron chi connectivity index (χ2n) is 8.82. The number of fused-ring (bicyclic) bond motifs is 3. The Labute approximate surface area is 220 Å². The minimum Gasteiger partial charge on any atom is -0.490 e. The number of nitrogens with zero attached hydrogens (tertiary/aromatic N) is 3. The molecule has 0 saturated carbocycles. The molecule has 184 valence electrons. The highest BCUT2D eigenvalue weighted by Gasteiger charge is 2.33. The Morgan fingerprint density at radius 3 is 2.70 bits per heavy atom. The summed E-state index contributed by atoms with van der Waals surface area (Å²) in [6, 6.07) is 20.0. The van der Waals surface area contributed by atoms with E-state index in [9.17, 15) is 14.9 Å². The van der Waals surface area contributed by atoms with Crippen molar-refractivity contribution in [3.05, 3.63) is 129 Å². The molecular weight excluding hydrogens is 510 g/mol. The van der Waals surface area contributed by atoms with Crippen molar-refractivity contribution in [2.24, 2.45) is 4.99 Å². The van der Waals surface area contributed by atoms with Gasteiger partial charge in [-0.25, -0.2) is 4.99 Å². The SMILES string of the molecule is COc1ccc(C=c2sc3n(c2=O)[C@@H](c2ccccc2Cl)C2=C(N=3)c3ccccc3CC2)cc1[N+](=O)[O-]. The van der Waals surface area contributed by atoms with Crippen molar-refractivity contribution in [1.82, 2.24) is 4.57 Å². The van der Waals surface area contributed by atoms with Gasteiger partial charge in [-0.15, -0.1) is 0 Å². The number of ether oxygens (including phenoxy) is 1. The topological polar surface area (TPSA) is 86.7 Å². The van der Waals surface area contributed by atoms with E-state index in [1.165, 1.54) is 36.1 Å². The van der Waals surface area contributed by atoms with Gasteiger partial charge in [0.1, 0.15) is 0 Å². The van der Waals surface area contributed by atoms with Crippen LogP contribution in [0.1, 0.15) is 34.7 Å². The molecule has 3 aromatic carbocycles. The molecule has 7 nitrogen and oxygen atoms in total. The van der Waals surface area contributed by atoms with Crippen molar-refractivity contribution < 1.29 is 9.66 Å². The number of aryl methyl sites for hydroxylation is 1. The fourth-order valence-corrected chi connectivity index (χ4v) is 6.33. The number of aromatic nitrogens is 1. The molecule has 2 aliphatic rings. The summed E-state index contributed by atoms with van der Waals surface area (Å²) in [4.78, 5) is 30.4. The molecule has 1 aliphatic heterocycles. The van der Waals surface area contributed by atoms with Crippen LogP contribution in [0.3, 0.4) is 0 Å². The predicted octanol–water partition coefficient (Wildman–Crippen LogP) is 4.89.